The Balaban J connectivity index is 2.97. The summed E-state index contributed by atoms with van der Waals surface area (Å²) < 4.78 is 0. The number of nitrogens with zero attached hydrogens (tertiary/aromatic N) is 3. The third-order valence-corrected chi connectivity index (χ3v) is 1.81. The largest absolute Gasteiger partial charge is 0.379 e. The van der Waals surface area contributed by atoms with Crippen LogP contribution in [0, 0.1) is 0 Å². The molecule has 0 aromatic carbocycles. The van der Waals surface area contributed by atoms with E-state index in [9.17, 15) is 0 Å². The van der Waals surface area contributed by atoms with Gasteiger partial charge in [-0.2, -0.15) is 0 Å². The standard InChI is InChI=1S/C9H18N6/c1-4-10-7-8(11-5-2)13-15-14-9(7)12-6-3/h4-6H2,1-3H3,(H,10,15)(H2,11,12,13,14). The zero-order valence-electron chi connectivity index (χ0n) is 9.46. The maximum absolute atomic E-state index is 3.96. The second-order valence-corrected chi connectivity index (χ2v) is 2.95. The van der Waals surface area contributed by atoms with Gasteiger partial charge in [0, 0.05) is 19.6 Å². The van der Waals surface area contributed by atoms with Crippen LogP contribution in [-0.4, -0.2) is 35.0 Å². The Morgan fingerprint density at radius 3 is 1.67 bits per heavy atom. The van der Waals surface area contributed by atoms with Crippen molar-refractivity contribution in [2.24, 2.45) is 0 Å². The van der Waals surface area contributed by atoms with E-state index in [1.165, 1.54) is 0 Å². The first-order valence-corrected chi connectivity index (χ1v) is 5.28. The van der Waals surface area contributed by atoms with Crippen molar-refractivity contribution in [1.29, 1.82) is 0 Å². The van der Waals surface area contributed by atoms with Crippen LogP contribution in [0.4, 0.5) is 17.3 Å². The van der Waals surface area contributed by atoms with Crippen LogP contribution in [0.2, 0.25) is 0 Å². The Morgan fingerprint density at radius 2 is 1.27 bits per heavy atom. The predicted molar refractivity (Wildman–Crippen MR) is 62.3 cm³/mol. The van der Waals surface area contributed by atoms with Gasteiger partial charge in [0.05, 0.1) is 0 Å². The van der Waals surface area contributed by atoms with Crippen LogP contribution in [0.5, 0.6) is 0 Å². The summed E-state index contributed by atoms with van der Waals surface area (Å²) in [5.74, 6) is 1.48. The van der Waals surface area contributed by atoms with E-state index in [0.29, 0.717) is 0 Å². The zero-order chi connectivity index (χ0) is 11.1. The van der Waals surface area contributed by atoms with E-state index in [1.54, 1.807) is 0 Å². The molecule has 15 heavy (non-hydrogen) atoms. The SMILES string of the molecule is CCNc1nnnc(NCC)c1NCC. The number of hydrogen-bond donors (Lipinski definition) is 3. The summed E-state index contributed by atoms with van der Waals surface area (Å²) in [7, 11) is 0. The fraction of sp³-hybridized carbons (Fsp3) is 0.667. The van der Waals surface area contributed by atoms with Crippen molar-refractivity contribution < 1.29 is 0 Å². The predicted octanol–water partition coefficient (Wildman–Crippen LogP) is 1.17. The fourth-order valence-corrected chi connectivity index (χ4v) is 1.25. The highest BCUT2D eigenvalue weighted by molar-refractivity contribution is 5.76. The number of anilines is 3. The highest BCUT2D eigenvalue weighted by Crippen LogP contribution is 2.24. The molecule has 0 radical (unpaired) electrons. The minimum atomic E-state index is 0.741. The normalized spacial score (nSPS) is 9.80. The molecule has 84 valence electrons. The average Bonchev–Trinajstić information content (AvgIpc) is 2.23. The van der Waals surface area contributed by atoms with Crippen molar-refractivity contribution >= 4 is 17.3 Å². The van der Waals surface area contributed by atoms with Gasteiger partial charge in [0.2, 0.25) is 0 Å². The van der Waals surface area contributed by atoms with Crippen molar-refractivity contribution in [2.45, 2.75) is 20.8 Å². The van der Waals surface area contributed by atoms with E-state index >= 15 is 0 Å². The lowest BCUT2D eigenvalue weighted by molar-refractivity contribution is 0.863. The van der Waals surface area contributed by atoms with Gasteiger partial charge in [-0.05, 0) is 26.0 Å². The molecule has 0 atom stereocenters. The molecule has 0 bridgehead atoms. The van der Waals surface area contributed by atoms with Crippen LogP contribution in [-0.2, 0) is 0 Å². The maximum atomic E-state index is 3.96. The lowest BCUT2D eigenvalue weighted by Gasteiger charge is -2.13. The second-order valence-electron chi connectivity index (χ2n) is 2.95. The molecule has 3 N–H and O–H groups in total. The smallest absolute Gasteiger partial charge is 0.177 e. The minimum absolute atomic E-state index is 0.741. The Hall–Kier alpha value is -1.59. The third-order valence-electron chi connectivity index (χ3n) is 1.81. The van der Waals surface area contributed by atoms with Gasteiger partial charge in [-0.15, -0.1) is 10.2 Å². The van der Waals surface area contributed by atoms with Crippen LogP contribution in [0.1, 0.15) is 20.8 Å². The summed E-state index contributed by atoms with van der Waals surface area (Å²) in [6.45, 7) is 8.51. The van der Waals surface area contributed by atoms with Crippen molar-refractivity contribution in [3.05, 3.63) is 0 Å². The summed E-state index contributed by atoms with van der Waals surface area (Å²) in [4.78, 5) is 0. The molecule has 0 amide bonds. The second kappa shape index (κ2) is 6.00. The van der Waals surface area contributed by atoms with Gasteiger partial charge in [-0.3, -0.25) is 0 Å². The van der Waals surface area contributed by atoms with Gasteiger partial charge in [0.1, 0.15) is 5.69 Å². The van der Waals surface area contributed by atoms with E-state index in [1.807, 2.05) is 20.8 Å². The molecule has 0 fully saturated rings. The van der Waals surface area contributed by atoms with Gasteiger partial charge in [-0.25, -0.2) is 0 Å². The number of rotatable bonds is 6. The van der Waals surface area contributed by atoms with Crippen molar-refractivity contribution in [1.82, 2.24) is 15.4 Å². The molecule has 0 aliphatic heterocycles. The molecule has 0 spiro atoms. The van der Waals surface area contributed by atoms with Crippen LogP contribution in [0.25, 0.3) is 0 Å². The van der Waals surface area contributed by atoms with E-state index in [0.717, 1.165) is 37.0 Å². The van der Waals surface area contributed by atoms with Crippen molar-refractivity contribution in [3.8, 4) is 0 Å². The van der Waals surface area contributed by atoms with Crippen LogP contribution in [0.3, 0.4) is 0 Å². The van der Waals surface area contributed by atoms with E-state index < -0.39 is 0 Å². The number of nitrogens with one attached hydrogen (secondary N) is 3. The average molecular weight is 210 g/mol. The Morgan fingerprint density at radius 1 is 0.800 bits per heavy atom. The molecule has 1 heterocycles. The Labute approximate surface area is 89.9 Å². The lowest BCUT2D eigenvalue weighted by Crippen LogP contribution is -2.12. The molecule has 6 nitrogen and oxygen atoms in total. The highest BCUT2D eigenvalue weighted by Gasteiger charge is 2.09. The first kappa shape index (κ1) is 11.5. The van der Waals surface area contributed by atoms with Gasteiger partial charge in [0.15, 0.2) is 11.6 Å². The molecule has 1 rings (SSSR count). The Kier molecular flexibility index (Phi) is 4.59. The molecule has 0 unspecified atom stereocenters. The first-order chi connectivity index (χ1) is 7.33. The summed E-state index contributed by atoms with van der Waals surface area (Å²) in [6, 6.07) is 0. The van der Waals surface area contributed by atoms with Gasteiger partial charge in [-0.1, -0.05) is 0 Å². The van der Waals surface area contributed by atoms with Crippen LogP contribution < -0.4 is 16.0 Å². The van der Waals surface area contributed by atoms with E-state index in [2.05, 4.69) is 31.4 Å². The fourth-order valence-electron chi connectivity index (χ4n) is 1.25. The maximum Gasteiger partial charge on any atom is 0.177 e. The molecule has 0 saturated carbocycles. The van der Waals surface area contributed by atoms with E-state index in [-0.39, 0.29) is 0 Å². The molecular weight excluding hydrogens is 192 g/mol. The third kappa shape index (κ3) is 2.93. The molecule has 1 aromatic heterocycles. The van der Waals surface area contributed by atoms with E-state index in [4.69, 9.17) is 0 Å². The topological polar surface area (TPSA) is 74.8 Å². The van der Waals surface area contributed by atoms with Gasteiger partial charge in [0.25, 0.3) is 0 Å². The quantitative estimate of drug-likeness (QED) is 0.654. The monoisotopic (exact) mass is 210 g/mol. The lowest BCUT2D eigenvalue weighted by atomic mass is 10.4. The molecule has 1 aromatic rings. The van der Waals surface area contributed by atoms with Crippen LogP contribution >= 0.6 is 0 Å². The number of aromatic nitrogens is 3. The number of hydrogen-bond acceptors (Lipinski definition) is 6. The van der Waals surface area contributed by atoms with Crippen LogP contribution in [0.15, 0.2) is 0 Å². The Bertz CT molecular complexity index is 276. The summed E-state index contributed by atoms with van der Waals surface area (Å²) >= 11 is 0. The highest BCUT2D eigenvalue weighted by atomic mass is 15.4. The molecule has 0 aliphatic rings. The van der Waals surface area contributed by atoms with Crippen molar-refractivity contribution in [3.63, 3.8) is 0 Å². The van der Waals surface area contributed by atoms with Crippen molar-refractivity contribution in [2.75, 3.05) is 35.6 Å². The zero-order valence-corrected chi connectivity index (χ0v) is 9.46. The summed E-state index contributed by atoms with van der Waals surface area (Å²) in [5, 5.41) is 21.1. The first-order valence-electron chi connectivity index (χ1n) is 5.28. The molecular formula is C9H18N6. The molecule has 0 saturated heterocycles. The molecule has 6 heteroatoms. The van der Waals surface area contributed by atoms with Gasteiger partial charge >= 0.3 is 0 Å². The molecule has 0 aliphatic carbocycles. The van der Waals surface area contributed by atoms with Gasteiger partial charge < -0.3 is 16.0 Å². The summed E-state index contributed by atoms with van der Waals surface area (Å²) in [5.41, 5.74) is 0.885. The minimum Gasteiger partial charge on any atom is -0.379 e. The summed E-state index contributed by atoms with van der Waals surface area (Å²) in [6.07, 6.45) is 0.